The van der Waals surface area contributed by atoms with Crippen molar-refractivity contribution in [3.63, 3.8) is 0 Å². The van der Waals surface area contributed by atoms with Gasteiger partial charge in [-0.2, -0.15) is 0 Å². The molecule has 0 saturated heterocycles. The van der Waals surface area contributed by atoms with Crippen LogP contribution in [0.15, 0.2) is 18.2 Å². The molecule has 2 rings (SSSR count). The SMILES string of the molecule is CCN1c2cccc(CCCN)c2CC1C. The number of fused-ring (bicyclic) bond motifs is 1. The van der Waals surface area contributed by atoms with Crippen LogP contribution in [-0.4, -0.2) is 19.1 Å². The minimum absolute atomic E-state index is 0.652. The Morgan fingerprint density at radius 1 is 1.44 bits per heavy atom. The molecule has 1 aliphatic heterocycles. The van der Waals surface area contributed by atoms with Gasteiger partial charge >= 0.3 is 0 Å². The second kappa shape index (κ2) is 4.88. The fourth-order valence-corrected chi connectivity index (χ4v) is 2.78. The highest BCUT2D eigenvalue weighted by atomic mass is 15.2. The highest BCUT2D eigenvalue weighted by Crippen LogP contribution is 2.34. The van der Waals surface area contributed by atoms with E-state index in [4.69, 9.17) is 5.73 Å². The van der Waals surface area contributed by atoms with E-state index in [2.05, 4.69) is 36.9 Å². The molecule has 2 N–H and O–H groups in total. The molecule has 1 unspecified atom stereocenters. The fraction of sp³-hybridized carbons (Fsp3) is 0.571. The van der Waals surface area contributed by atoms with E-state index in [0.717, 1.165) is 25.9 Å². The lowest BCUT2D eigenvalue weighted by Crippen LogP contribution is -2.28. The quantitative estimate of drug-likeness (QED) is 0.840. The van der Waals surface area contributed by atoms with E-state index < -0.39 is 0 Å². The van der Waals surface area contributed by atoms with Gasteiger partial charge in [-0.3, -0.25) is 0 Å². The van der Waals surface area contributed by atoms with Crippen molar-refractivity contribution in [2.45, 2.75) is 39.2 Å². The Labute approximate surface area is 98.4 Å². The van der Waals surface area contributed by atoms with Crippen molar-refractivity contribution in [3.05, 3.63) is 29.3 Å². The third kappa shape index (κ3) is 1.94. The lowest BCUT2D eigenvalue weighted by molar-refractivity contribution is 0.688. The van der Waals surface area contributed by atoms with Crippen LogP contribution in [0.25, 0.3) is 0 Å². The summed E-state index contributed by atoms with van der Waals surface area (Å²) >= 11 is 0. The van der Waals surface area contributed by atoms with Crippen LogP contribution in [0, 0.1) is 0 Å². The molecule has 0 fully saturated rings. The minimum atomic E-state index is 0.652. The number of hydrogen-bond donors (Lipinski definition) is 1. The Bertz CT molecular complexity index is 360. The molecule has 0 aliphatic carbocycles. The van der Waals surface area contributed by atoms with Crippen molar-refractivity contribution in [2.24, 2.45) is 5.73 Å². The summed E-state index contributed by atoms with van der Waals surface area (Å²) in [6, 6.07) is 7.36. The van der Waals surface area contributed by atoms with Crippen molar-refractivity contribution < 1.29 is 0 Å². The van der Waals surface area contributed by atoms with Crippen LogP contribution in [0.3, 0.4) is 0 Å². The van der Waals surface area contributed by atoms with Gasteiger partial charge in [0.2, 0.25) is 0 Å². The Morgan fingerprint density at radius 2 is 2.25 bits per heavy atom. The standard InChI is InChI=1S/C14H22N2/c1-3-16-11(2)10-13-12(7-5-9-15)6-4-8-14(13)16/h4,6,8,11H,3,5,7,9-10,15H2,1-2H3. The van der Waals surface area contributed by atoms with Gasteiger partial charge in [0, 0.05) is 18.3 Å². The van der Waals surface area contributed by atoms with E-state index in [1.165, 1.54) is 17.7 Å². The zero-order chi connectivity index (χ0) is 11.5. The zero-order valence-electron chi connectivity index (χ0n) is 10.4. The van der Waals surface area contributed by atoms with Crippen molar-refractivity contribution in [1.29, 1.82) is 0 Å². The summed E-state index contributed by atoms with van der Waals surface area (Å²) in [5.74, 6) is 0. The molecule has 0 spiro atoms. The predicted octanol–water partition coefficient (Wildman–Crippen LogP) is 2.35. The number of aryl methyl sites for hydroxylation is 1. The topological polar surface area (TPSA) is 29.3 Å². The monoisotopic (exact) mass is 218 g/mol. The first-order chi connectivity index (χ1) is 7.77. The molecule has 0 saturated carbocycles. The number of likely N-dealkylation sites (N-methyl/N-ethyl adjacent to an activating group) is 1. The number of anilines is 1. The van der Waals surface area contributed by atoms with Crippen LogP contribution in [0.2, 0.25) is 0 Å². The number of benzene rings is 1. The van der Waals surface area contributed by atoms with Gasteiger partial charge in [0.15, 0.2) is 0 Å². The lowest BCUT2D eigenvalue weighted by atomic mass is 9.99. The molecule has 1 aromatic rings. The lowest BCUT2D eigenvalue weighted by Gasteiger charge is -2.22. The average molecular weight is 218 g/mol. The van der Waals surface area contributed by atoms with Crippen LogP contribution in [-0.2, 0) is 12.8 Å². The number of nitrogens with zero attached hydrogens (tertiary/aromatic N) is 1. The number of hydrogen-bond acceptors (Lipinski definition) is 2. The summed E-state index contributed by atoms with van der Waals surface area (Å²) in [5, 5.41) is 0. The maximum Gasteiger partial charge on any atom is 0.0404 e. The Balaban J connectivity index is 2.28. The first-order valence-corrected chi connectivity index (χ1v) is 6.35. The molecule has 2 heteroatoms. The van der Waals surface area contributed by atoms with Crippen molar-refractivity contribution in [1.82, 2.24) is 0 Å². The molecule has 88 valence electrons. The molecule has 1 heterocycles. The Hall–Kier alpha value is -1.02. The van der Waals surface area contributed by atoms with Gasteiger partial charge in [-0.05, 0) is 56.8 Å². The minimum Gasteiger partial charge on any atom is -0.369 e. The molecule has 1 atom stereocenters. The maximum atomic E-state index is 5.59. The summed E-state index contributed by atoms with van der Waals surface area (Å²) in [6.45, 7) is 6.44. The summed E-state index contributed by atoms with van der Waals surface area (Å²) in [7, 11) is 0. The third-order valence-corrected chi connectivity index (χ3v) is 3.58. The second-order valence-corrected chi connectivity index (χ2v) is 4.65. The molecule has 1 aliphatic rings. The maximum absolute atomic E-state index is 5.59. The normalized spacial score (nSPS) is 18.9. The second-order valence-electron chi connectivity index (χ2n) is 4.65. The number of rotatable bonds is 4. The first kappa shape index (κ1) is 11.5. The van der Waals surface area contributed by atoms with E-state index in [9.17, 15) is 0 Å². The number of nitrogens with two attached hydrogens (primary N) is 1. The highest BCUT2D eigenvalue weighted by molar-refractivity contribution is 5.62. The van der Waals surface area contributed by atoms with E-state index in [1.807, 2.05) is 0 Å². The van der Waals surface area contributed by atoms with Crippen LogP contribution in [0.1, 0.15) is 31.4 Å². The third-order valence-electron chi connectivity index (χ3n) is 3.58. The average Bonchev–Trinajstić information content (AvgIpc) is 2.62. The van der Waals surface area contributed by atoms with Gasteiger partial charge in [-0.15, -0.1) is 0 Å². The Kier molecular flexibility index (Phi) is 3.49. The molecule has 16 heavy (non-hydrogen) atoms. The van der Waals surface area contributed by atoms with Crippen LogP contribution < -0.4 is 10.6 Å². The van der Waals surface area contributed by atoms with E-state index in [-0.39, 0.29) is 0 Å². The molecule has 0 radical (unpaired) electrons. The molecular formula is C14H22N2. The zero-order valence-corrected chi connectivity index (χ0v) is 10.4. The summed E-state index contributed by atoms with van der Waals surface area (Å²) in [5.41, 5.74) is 10.1. The molecule has 0 amide bonds. The van der Waals surface area contributed by atoms with Crippen molar-refractivity contribution >= 4 is 5.69 Å². The van der Waals surface area contributed by atoms with Crippen molar-refractivity contribution in [2.75, 3.05) is 18.0 Å². The fourth-order valence-electron chi connectivity index (χ4n) is 2.78. The highest BCUT2D eigenvalue weighted by Gasteiger charge is 2.25. The van der Waals surface area contributed by atoms with Gasteiger partial charge in [0.1, 0.15) is 0 Å². The van der Waals surface area contributed by atoms with E-state index >= 15 is 0 Å². The molecule has 0 aromatic heterocycles. The van der Waals surface area contributed by atoms with Crippen LogP contribution >= 0.6 is 0 Å². The van der Waals surface area contributed by atoms with Gasteiger partial charge in [-0.25, -0.2) is 0 Å². The van der Waals surface area contributed by atoms with Crippen LogP contribution in [0.5, 0.6) is 0 Å². The van der Waals surface area contributed by atoms with E-state index in [1.54, 1.807) is 5.56 Å². The molecule has 1 aromatic carbocycles. The van der Waals surface area contributed by atoms with Crippen molar-refractivity contribution in [3.8, 4) is 0 Å². The Morgan fingerprint density at radius 3 is 2.94 bits per heavy atom. The van der Waals surface area contributed by atoms with E-state index in [0.29, 0.717) is 6.04 Å². The van der Waals surface area contributed by atoms with Gasteiger partial charge in [-0.1, -0.05) is 12.1 Å². The van der Waals surface area contributed by atoms with Gasteiger partial charge in [0.25, 0.3) is 0 Å². The summed E-state index contributed by atoms with van der Waals surface area (Å²) in [4.78, 5) is 2.50. The molecule has 0 bridgehead atoms. The molecule has 2 nitrogen and oxygen atoms in total. The molecular weight excluding hydrogens is 196 g/mol. The van der Waals surface area contributed by atoms with Gasteiger partial charge < -0.3 is 10.6 Å². The first-order valence-electron chi connectivity index (χ1n) is 6.35. The smallest absolute Gasteiger partial charge is 0.0404 e. The summed E-state index contributed by atoms with van der Waals surface area (Å²) < 4.78 is 0. The van der Waals surface area contributed by atoms with Gasteiger partial charge in [0.05, 0.1) is 0 Å². The van der Waals surface area contributed by atoms with Crippen LogP contribution in [0.4, 0.5) is 5.69 Å². The summed E-state index contributed by atoms with van der Waals surface area (Å²) in [6.07, 6.45) is 3.42. The largest absolute Gasteiger partial charge is 0.369 e. The predicted molar refractivity (Wildman–Crippen MR) is 70.0 cm³/mol.